The van der Waals surface area contributed by atoms with Crippen LogP contribution in [0.2, 0.25) is 0 Å². The van der Waals surface area contributed by atoms with Crippen molar-refractivity contribution in [3.8, 4) is 5.75 Å². The number of non-ortho nitro benzene ring substituents is 1. The first kappa shape index (κ1) is 14.7. The van der Waals surface area contributed by atoms with Crippen LogP contribution in [0.4, 0.5) is 11.5 Å². The highest BCUT2D eigenvalue weighted by atomic mass is 16.6. The Morgan fingerprint density at radius 1 is 1.13 bits per heavy atom. The fourth-order valence-electron chi connectivity index (χ4n) is 2.19. The molecule has 0 saturated heterocycles. The van der Waals surface area contributed by atoms with E-state index in [-0.39, 0.29) is 5.69 Å². The number of nitrogens with two attached hydrogens (primary N) is 1. The number of hydrazine groups is 1. The van der Waals surface area contributed by atoms with Crippen molar-refractivity contribution in [2.24, 2.45) is 5.84 Å². The Kier molecular flexibility index (Phi) is 4.03. The van der Waals surface area contributed by atoms with Crippen LogP contribution in [-0.2, 0) is 6.61 Å². The van der Waals surface area contributed by atoms with Gasteiger partial charge in [-0.05, 0) is 35.9 Å². The van der Waals surface area contributed by atoms with Gasteiger partial charge in [-0.1, -0.05) is 12.1 Å². The number of aromatic nitrogens is 1. The standard InChI is InChI=1S/C16H14N4O3/c17-19-15-9-6-12-2-1-3-14(16(12)18-15)23-10-11-4-7-13(8-5-11)20(21)22/h1-9H,10,17H2,(H,18,19). The van der Waals surface area contributed by atoms with Crippen molar-refractivity contribution in [3.63, 3.8) is 0 Å². The highest BCUT2D eigenvalue weighted by Crippen LogP contribution is 2.26. The summed E-state index contributed by atoms with van der Waals surface area (Å²) in [5.74, 6) is 6.55. The third-order valence-corrected chi connectivity index (χ3v) is 3.37. The number of nitro groups is 1. The Morgan fingerprint density at radius 3 is 2.61 bits per heavy atom. The number of hydrogen-bond acceptors (Lipinski definition) is 6. The highest BCUT2D eigenvalue weighted by molar-refractivity contribution is 5.85. The third-order valence-electron chi connectivity index (χ3n) is 3.37. The summed E-state index contributed by atoms with van der Waals surface area (Å²) in [5, 5.41) is 11.6. The molecule has 3 N–H and O–H groups in total. The molecule has 116 valence electrons. The molecule has 23 heavy (non-hydrogen) atoms. The minimum atomic E-state index is -0.430. The second kappa shape index (κ2) is 6.29. The van der Waals surface area contributed by atoms with Gasteiger partial charge in [0, 0.05) is 17.5 Å². The van der Waals surface area contributed by atoms with Crippen LogP contribution in [-0.4, -0.2) is 9.91 Å². The van der Waals surface area contributed by atoms with E-state index in [9.17, 15) is 10.1 Å². The zero-order valence-corrected chi connectivity index (χ0v) is 12.1. The van der Waals surface area contributed by atoms with Crippen molar-refractivity contribution < 1.29 is 9.66 Å². The van der Waals surface area contributed by atoms with Gasteiger partial charge in [-0.25, -0.2) is 10.8 Å². The molecule has 1 heterocycles. The van der Waals surface area contributed by atoms with E-state index in [1.165, 1.54) is 12.1 Å². The molecular weight excluding hydrogens is 296 g/mol. The van der Waals surface area contributed by atoms with Crippen LogP contribution in [0.1, 0.15) is 5.56 Å². The van der Waals surface area contributed by atoms with Crippen molar-refractivity contribution in [1.82, 2.24) is 4.98 Å². The first-order chi connectivity index (χ1) is 11.2. The lowest BCUT2D eigenvalue weighted by atomic mass is 10.2. The van der Waals surface area contributed by atoms with Gasteiger partial charge in [0.2, 0.25) is 0 Å². The molecular formula is C16H14N4O3. The van der Waals surface area contributed by atoms with Gasteiger partial charge in [-0.3, -0.25) is 10.1 Å². The Bertz CT molecular complexity index is 850. The zero-order valence-electron chi connectivity index (χ0n) is 12.1. The lowest BCUT2D eigenvalue weighted by molar-refractivity contribution is -0.384. The molecule has 0 aliphatic heterocycles. The van der Waals surface area contributed by atoms with Gasteiger partial charge in [0.25, 0.3) is 5.69 Å². The fourth-order valence-corrected chi connectivity index (χ4v) is 2.19. The van der Waals surface area contributed by atoms with Crippen molar-refractivity contribution in [1.29, 1.82) is 0 Å². The molecule has 0 aliphatic carbocycles. The topological polar surface area (TPSA) is 103 Å². The molecule has 0 saturated carbocycles. The van der Waals surface area contributed by atoms with E-state index in [0.717, 1.165) is 10.9 Å². The monoisotopic (exact) mass is 310 g/mol. The summed E-state index contributed by atoms with van der Waals surface area (Å²) in [4.78, 5) is 14.6. The molecule has 0 fully saturated rings. The number of hydrogen-bond donors (Lipinski definition) is 2. The number of nitrogens with zero attached hydrogens (tertiary/aromatic N) is 2. The van der Waals surface area contributed by atoms with Crippen LogP contribution in [0.3, 0.4) is 0 Å². The minimum absolute atomic E-state index is 0.0549. The molecule has 0 aliphatic rings. The lowest BCUT2D eigenvalue weighted by Crippen LogP contribution is -2.08. The molecule has 7 nitrogen and oxygen atoms in total. The van der Waals surface area contributed by atoms with Crippen molar-refractivity contribution in [2.45, 2.75) is 6.61 Å². The molecule has 0 unspecified atom stereocenters. The second-order valence-corrected chi connectivity index (χ2v) is 4.88. The van der Waals surface area contributed by atoms with Crippen LogP contribution in [0, 0.1) is 10.1 Å². The number of rotatable bonds is 5. The van der Waals surface area contributed by atoms with Gasteiger partial charge in [0.05, 0.1) is 4.92 Å². The Labute approximate surface area is 131 Å². The van der Waals surface area contributed by atoms with Crippen molar-refractivity contribution in [2.75, 3.05) is 5.43 Å². The highest BCUT2D eigenvalue weighted by Gasteiger charge is 2.07. The molecule has 1 aromatic heterocycles. The fraction of sp³-hybridized carbons (Fsp3) is 0.0625. The van der Waals surface area contributed by atoms with E-state index in [1.54, 1.807) is 18.2 Å². The van der Waals surface area contributed by atoms with Crippen LogP contribution in [0.25, 0.3) is 10.9 Å². The molecule has 0 atom stereocenters. The number of para-hydroxylation sites is 1. The van der Waals surface area contributed by atoms with Gasteiger partial charge < -0.3 is 10.2 Å². The molecule has 7 heteroatoms. The quantitative estimate of drug-likeness (QED) is 0.426. The van der Waals surface area contributed by atoms with E-state index in [2.05, 4.69) is 10.4 Å². The van der Waals surface area contributed by atoms with Gasteiger partial charge in [0.15, 0.2) is 0 Å². The Balaban J connectivity index is 1.82. The average molecular weight is 310 g/mol. The maximum atomic E-state index is 10.6. The van der Waals surface area contributed by atoms with E-state index in [1.807, 2.05) is 24.3 Å². The maximum Gasteiger partial charge on any atom is 0.269 e. The zero-order chi connectivity index (χ0) is 16.2. The summed E-state index contributed by atoms with van der Waals surface area (Å²) >= 11 is 0. The molecule has 3 aromatic rings. The van der Waals surface area contributed by atoms with E-state index in [0.29, 0.717) is 23.7 Å². The molecule has 0 spiro atoms. The molecule has 2 aromatic carbocycles. The van der Waals surface area contributed by atoms with Gasteiger partial charge in [-0.15, -0.1) is 0 Å². The number of nitrogen functional groups attached to an aromatic ring is 1. The van der Waals surface area contributed by atoms with Crippen LogP contribution < -0.4 is 16.0 Å². The lowest BCUT2D eigenvalue weighted by Gasteiger charge is -2.10. The molecule has 0 radical (unpaired) electrons. The summed E-state index contributed by atoms with van der Waals surface area (Å²) < 4.78 is 5.80. The first-order valence-electron chi connectivity index (χ1n) is 6.90. The first-order valence-corrected chi connectivity index (χ1v) is 6.90. The molecule has 0 amide bonds. The van der Waals surface area contributed by atoms with Gasteiger partial charge in [0.1, 0.15) is 23.7 Å². The van der Waals surface area contributed by atoms with Crippen LogP contribution >= 0.6 is 0 Å². The predicted molar refractivity (Wildman–Crippen MR) is 87.0 cm³/mol. The number of nitrogens with one attached hydrogen (secondary N) is 1. The normalized spacial score (nSPS) is 10.5. The smallest absolute Gasteiger partial charge is 0.269 e. The number of anilines is 1. The third kappa shape index (κ3) is 3.19. The van der Waals surface area contributed by atoms with E-state index < -0.39 is 4.92 Å². The SMILES string of the molecule is NNc1ccc2cccc(OCc3ccc([N+](=O)[O-])cc3)c2n1. The Morgan fingerprint density at radius 2 is 1.91 bits per heavy atom. The average Bonchev–Trinajstić information content (AvgIpc) is 2.59. The summed E-state index contributed by atoms with van der Waals surface area (Å²) in [5.41, 5.74) is 4.09. The Hall–Kier alpha value is -3.19. The number of ether oxygens (including phenoxy) is 1. The summed E-state index contributed by atoms with van der Waals surface area (Å²) in [6, 6.07) is 15.6. The van der Waals surface area contributed by atoms with Gasteiger partial charge in [-0.2, -0.15) is 0 Å². The van der Waals surface area contributed by atoms with E-state index >= 15 is 0 Å². The maximum absolute atomic E-state index is 10.6. The number of benzene rings is 2. The summed E-state index contributed by atoms with van der Waals surface area (Å²) in [6.45, 7) is 0.291. The summed E-state index contributed by atoms with van der Waals surface area (Å²) in [7, 11) is 0. The van der Waals surface area contributed by atoms with Crippen molar-refractivity contribution >= 4 is 22.4 Å². The number of nitro benzene ring substituents is 1. The summed E-state index contributed by atoms with van der Waals surface area (Å²) in [6.07, 6.45) is 0. The van der Waals surface area contributed by atoms with Crippen LogP contribution in [0.15, 0.2) is 54.6 Å². The largest absolute Gasteiger partial charge is 0.487 e. The second-order valence-electron chi connectivity index (χ2n) is 4.88. The molecule has 3 rings (SSSR count). The molecule has 0 bridgehead atoms. The number of pyridine rings is 1. The number of fused-ring (bicyclic) bond motifs is 1. The minimum Gasteiger partial charge on any atom is -0.487 e. The van der Waals surface area contributed by atoms with Gasteiger partial charge >= 0.3 is 0 Å². The predicted octanol–water partition coefficient (Wildman–Crippen LogP) is 3.01. The van der Waals surface area contributed by atoms with Crippen molar-refractivity contribution in [3.05, 3.63) is 70.3 Å². The van der Waals surface area contributed by atoms with E-state index in [4.69, 9.17) is 10.6 Å². The van der Waals surface area contributed by atoms with Crippen LogP contribution in [0.5, 0.6) is 5.75 Å².